The predicted octanol–water partition coefficient (Wildman–Crippen LogP) is 2.28. The maximum atomic E-state index is 12.4. The molecule has 0 saturated heterocycles. The minimum Gasteiger partial charge on any atom is -0.378 e. The van der Waals surface area contributed by atoms with Crippen LogP contribution in [0.1, 0.15) is 23.5 Å². The van der Waals surface area contributed by atoms with Gasteiger partial charge >= 0.3 is 0 Å². The van der Waals surface area contributed by atoms with Crippen molar-refractivity contribution < 1.29 is 0 Å². The first-order chi connectivity index (χ1) is 10.7. The molecule has 7 heteroatoms. The third-order valence-electron chi connectivity index (χ3n) is 3.88. The first-order valence-electron chi connectivity index (χ1n) is 7.20. The summed E-state index contributed by atoms with van der Waals surface area (Å²) in [6.45, 7) is 0.473. The van der Waals surface area contributed by atoms with Crippen LogP contribution in [0.4, 0.5) is 5.69 Å². The molecule has 22 heavy (non-hydrogen) atoms. The summed E-state index contributed by atoms with van der Waals surface area (Å²) < 4.78 is 2.41. The highest BCUT2D eigenvalue weighted by atomic mass is 79.9. The molecule has 0 spiro atoms. The number of hydrogen-bond donors (Lipinski definition) is 2. The van der Waals surface area contributed by atoms with Crippen LogP contribution in [0.15, 0.2) is 33.5 Å². The molecule has 1 aromatic carbocycles. The van der Waals surface area contributed by atoms with Crippen molar-refractivity contribution in [3.8, 4) is 0 Å². The van der Waals surface area contributed by atoms with Crippen molar-refractivity contribution in [1.29, 1.82) is 0 Å². The number of aromatic amines is 1. The lowest BCUT2D eigenvalue weighted by atomic mass is 10.3. The van der Waals surface area contributed by atoms with Gasteiger partial charge in [-0.25, -0.2) is 0 Å². The van der Waals surface area contributed by atoms with Crippen LogP contribution in [0.3, 0.4) is 0 Å². The third kappa shape index (κ3) is 2.31. The fraction of sp³-hybridized carbons (Fsp3) is 0.267. The summed E-state index contributed by atoms with van der Waals surface area (Å²) in [5.41, 5.74) is 2.81. The molecule has 6 nitrogen and oxygen atoms in total. The Bertz CT molecular complexity index is 897. The highest BCUT2D eigenvalue weighted by Crippen LogP contribution is 2.17. The zero-order chi connectivity index (χ0) is 15.1. The van der Waals surface area contributed by atoms with Gasteiger partial charge in [0, 0.05) is 21.4 Å². The Morgan fingerprint density at radius 1 is 1.27 bits per heavy atom. The zero-order valence-electron chi connectivity index (χ0n) is 11.8. The normalized spacial score (nSPS) is 13.5. The lowest BCUT2D eigenvalue weighted by molar-refractivity contribution is 0.839. The van der Waals surface area contributed by atoms with Crippen molar-refractivity contribution in [2.75, 3.05) is 5.32 Å². The summed E-state index contributed by atoms with van der Waals surface area (Å²) >= 11 is 3.40. The second kappa shape index (κ2) is 5.24. The maximum Gasteiger partial charge on any atom is 0.279 e. The summed E-state index contributed by atoms with van der Waals surface area (Å²) in [5, 5.41) is 7.56. The molecule has 3 aromatic rings. The molecular weight excluding hydrogens is 346 g/mol. The topological polar surface area (TPSA) is 75.1 Å². The van der Waals surface area contributed by atoms with Gasteiger partial charge in [0.05, 0.1) is 6.54 Å². The number of fused-ring (bicyclic) bond motifs is 2. The van der Waals surface area contributed by atoms with Crippen LogP contribution in [0.2, 0.25) is 0 Å². The van der Waals surface area contributed by atoms with E-state index in [1.807, 2.05) is 24.3 Å². The Labute approximate surface area is 134 Å². The number of hydrogen-bond acceptors (Lipinski definition) is 4. The first-order valence-corrected chi connectivity index (χ1v) is 7.99. The van der Waals surface area contributed by atoms with Gasteiger partial charge in [-0.1, -0.05) is 15.9 Å². The Balaban J connectivity index is 1.62. The summed E-state index contributed by atoms with van der Waals surface area (Å²) in [7, 11) is 0. The largest absolute Gasteiger partial charge is 0.378 e. The zero-order valence-corrected chi connectivity index (χ0v) is 13.4. The number of H-pyrrole nitrogens is 1. The Morgan fingerprint density at radius 3 is 2.91 bits per heavy atom. The van der Waals surface area contributed by atoms with Crippen LogP contribution in [-0.4, -0.2) is 19.6 Å². The summed E-state index contributed by atoms with van der Waals surface area (Å²) in [6.07, 6.45) is 2.76. The quantitative estimate of drug-likeness (QED) is 0.752. The van der Waals surface area contributed by atoms with Crippen LogP contribution < -0.4 is 10.9 Å². The first kappa shape index (κ1) is 13.5. The molecule has 0 fully saturated rings. The van der Waals surface area contributed by atoms with E-state index in [1.165, 1.54) is 4.52 Å². The smallest absolute Gasteiger partial charge is 0.279 e. The lowest BCUT2D eigenvalue weighted by Gasteiger charge is -2.02. The van der Waals surface area contributed by atoms with E-state index in [0.717, 1.165) is 40.7 Å². The number of aromatic nitrogens is 4. The minimum absolute atomic E-state index is 0.0383. The number of benzene rings is 1. The second-order valence-corrected chi connectivity index (χ2v) is 6.28. The van der Waals surface area contributed by atoms with Crippen LogP contribution in [0.5, 0.6) is 0 Å². The van der Waals surface area contributed by atoms with E-state index in [0.29, 0.717) is 18.1 Å². The average molecular weight is 360 g/mol. The predicted molar refractivity (Wildman–Crippen MR) is 87.1 cm³/mol. The molecule has 1 aliphatic rings. The highest BCUT2D eigenvalue weighted by Gasteiger charge is 2.19. The summed E-state index contributed by atoms with van der Waals surface area (Å²) in [6, 6.07) is 7.88. The summed E-state index contributed by atoms with van der Waals surface area (Å²) in [4.78, 5) is 20.0. The van der Waals surface area contributed by atoms with E-state index in [9.17, 15) is 4.79 Å². The van der Waals surface area contributed by atoms with Crippen LogP contribution in [0, 0.1) is 0 Å². The Kier molecular flexibility index (Phi) is 3.22. The van der Waals surface area contributed by atoms with Crippen LogP contribution in [-0.2, 0) is 19.4 Å². The van der Waals surface area contributed by atoms with Crippen molar-refractivity contribution in [2.24, 2.45) is 0 Å². The fourth-order valence-corrected chi connectivity index (χ4v) is 3.05. The fourth-order valence-electron chi connectivity index (χ4n) is 2.78. The van der Waals surface area contributed by atoms with E-state index in [4.69, 9.17) is 0 Å². The third-order valence-corrected chi connectivity index (χ3v) is 4.41. The van der Waals surface area contributed by atoms with Gasteiger partial charge < -0.3 is 10.3 Å². The number of anilines is 1. The number of rotatable bonds is 3. The van der Waals surface area contributed by atoms with Gasteiger partial charge in [0.2, 0.25) is 5.78 Å². The monoisotopic (exact) mass is 359 g/mol. The van der Waals surface area contributed by atoms with Crippen LogP contribution in [0.25, 0.3) is 5.78 Å². The standard InChI is InChI=1S/C15H14BrN5O/c16-9-4-6-10(7-5-9)17-8-13-19-15-18-12-3-1-2-11(12)14(22)21(15)20-13/h4-7,17H,1-3,8H2,(H,18,19,20). The van der Waals surface area contributed by atoms with Crippen molar-refractivity contribution in [3.05, 3.63) is 56.2 Å². The molecule has 0 unspecified atom stereocenters. The number of halogens is 1. The molecular formula is C15H14BrN5O. The molecule has 1 aliphatic carbocycles. The van der Waals surface area contributed by atoms with Gasteiger partial charge in [0.1, 0.15) is 0 Å². The van der Waals surface area contributed by atoms with Gasteiger partial charge in [-0.3, -0.25) is 4.79 Å². The average Bonchev–Trinajstić information content (AvgIpc) is 3.14. The molecule has 0 radical (unpaired) electrons. The van der Waals surface area contributed by atoms with E-state index in [1.54, 1.807) is 0 Å². The van der Waals surface area contributed by atoms with Crippen molar-refractivity contribution in [1.82, 2.24) is 19.6 Å². The maximum absolute atomic E-state index is 12.4. The second-order valence-electron chi connectivity index (χ2n) is 5.36. The molecule has 0 aliphatic heterocycles. The van der Waals surface area contributed by atoms with Crippen molar-refractivity contribution in [3.63, 3.8) is 0 Å². The van der Waals surface area contributed by atoms with Crippen molar-refractivity contribution >= 4 is 27.4 Å². The number of nitrogens with zero attached hydrogens (tertiary/aromatic N) is 3. The Hall–Kier alpha value is -2.15. The van der Waals surface area contributed by atoms with E-state index < -0.39 is 0 Å². The summed E-state index contributed by atoms with van der Waals surface area (Å²) in [5.74, 6) is 1.12. The van der Waals surface area contributed by atoms with E-state index in [2.05, 4.69) is 36.3 Å². The van der Waals surface area contributed by atoms with Gasteiger partial charge in [-0.15, -0.1) is 5.10 Å². The van der Waals surface area contributed by atoms with E-state index >= 15 is 0 Å². The van der Waals surface area contributed by atoms with E-state index in [-0.39, 0.29) is 5.56 Å². The molecule has 0 amide bonds. The van der Waals surface area contributed by atoms with Crippen molar-refractivity contribution in [2.45, 2.75) is 25.8 Å². The van der Waals surface area contributed by atoms with Gasteiger partial charge in [-0.05, 0) is 43.5 Å². The highest BCUT2D eigenvalue weighted by molar-refractivity contribution is 9.10. The minimum atomic E-state index is -0.0383. The number of aryl methyl sites for hydroxylation is 1. The lowest BCUT2D eigenvalue weighted by Crippen LogP contribution is -2.20. The molecule has 4 rings (SSSR count). The molecule has 0 bridgehead atoms. The molecule has 0 atom stereocenters. The van der Waals surface area contributed by atoms with Gasteiger partial charge in [-0.2, -0.15) is 9.50 Å². The van der Waals surface area contributed by atoms with Gasteiger partial charge in [0.15, 0.2) is 5.82 Å². The molecule has 2 N–H and O–H groups in total. The number of nitrogens with one attached hydrogen (secondary N) is 2. The SMILES string of the molecule is O=c1c2c([nH]c3nc(CNc4ccc(Br)cc4)nn13)CCC2. The van der Waals surface area contributed by atoms with Gasteiger partial charge in [0.25, 0.3) is 5.56 Å². The molecule has 0 saturated carbocycles. The Morgan fingerprint density at radius 2 is 2.09 bits per heavy atom. The molecule has 2 heterocycles. The molecule has 2 aromatic heterocycles. The molecule has 112 valence electrons. The van der Waals surface area contributed by atoms with Crippen LogP contribution >= 0.6 is 15.9 Å².